The Labute approximate surface area is 120 Å². The van der Waals surface area contributed by atoms with Crippen LogP contribution in [0.2, 0.25) is 0 Å². The van der Waals surface area contributed by atoms with Crippen LogP contribution in [0.15, 0.2) is 22.7 Å². The highest BCUT2D eigenvalue weighted by molar-refractivity contribution is 9.10. The van der Waals surface area contributed by atoms with Gasteiger partial charge < -0.3 is 10.5 Å². The largest absolute Gasteiger partial charge is 0.497 e. The van der Waals surface area contributed by atoms with Crippen molar-refractivity contribution in [2.24, 2.45) is 5.73 Å². The van der Waals surface area contributed by atoms with Gasteiger partial charge in [0.25, 0.3) is 0 Å². The summed E-state index contributed by atoms with van der Waals surface area (Å²) in [7, 11) is 1.60. The van der Waals surface area contributed by atoms with Crippen molar-refractivity contribution in [3.63, 3.8) is 0 Å². The minimum Gasteiger partial charge on any atom is -0.497 e. The molecule has 0 bridgehead atoms. The van der Waals surface area contributed by atoms with Crippen LogP contribution in [-0.2, 0) is 0 Å². The lowest BCUT2D eigenvalue weighted by atomic mass is 10.1. The monoisotopic (exact) mass is 322 g/mol. The molecule has 0 spiro atoms. The van der Waals surface area contributed by atoms with E-state index in [1.54, 1.807) is 23.9 Å². The van der Waals surface area contributed by atoms with Crippen molar-refractivity contribution in [2.75, 3.05) is 7.11 Å². The van der Waals surface area contributed by atoms with Crippen molar-refractivity contribution in [2.45, 2.75) is 13.8 Å². The van der Waals surface area contributed by atoms with Crippen molar-refractivity contribution in [3.05, 3.63) is 39.6 Å². The molecule has 0 aliphatic heterocycles. The van der Waals surface area contributed by atoms with Crippen molar-refractivity contribution in [3.8, 4) is 11.4 Å². The number of aryl methyl sites for hydroxylation is 1. The quantitative estimate of drug-likeness (QED) is 0.673. The number of amidine groups is 1. The summed E-state index contributed by atoms with van der Waals surface area (Å²) in [5, 5.41) is 12.1. The summed E-state index contributed by atoms with van der Waals surface area (Å²) >= 11 is 3.49. The van der Waals surface area contributed by atoms with Crippen LogP contribution in [0.3, 0.4) is 0 Å². The second-order valence-electron chi connectivity index (χ2n) is 4.19. The molecule has 0 saturated heterocycles. The summed E-state index contributed by atoms with van der Waals surface area (Å²) in [5.41, 5.74) is 8.82. The van der Waals surface area contributed by atoms with E-state index < -0.39 is 0 Å². The van der Waals surface area contributed by atoms with Crippen molar-refractivity contribution in [1.29, 1.82) is 5.41 Å². The van der Waals surface area contributed by atoms with Crippen LogP contribution in [0.4, 0.5) is 0 Å². The molecule has 0 fully saturated rings. The van der Waals surface area contributed by atoms with E-state index in [9.17, 15) is 0 Å². The molecular formula is C13H15BrN4O. The smallest absolute Gasteiger partial charge is 0.124 e. The highest BCUT2D eigenvalue weighted by Gasteiger charge is 2.15. The first-order valence-corrected chi connectivity index (χ1v) is 6.49. The highest BCUT2D eigenvalue weighted by atomic mass is 79.9. The zero-order valence-corrected chi connectivity index (χ0v) is 12.6. The normalized spacial score (nSPS) is 10.5. The SMILES string of the molecule is COc1ccc(C(=N)N)c(-n2nc(C)c(Br)c2C)c1. The Balaban J connectivity index is 2.71. The molecule has 1 aromatic heterocycles. The third kappa shape index (κ3) is 2.35. The van der Waals surface area contributed by atoms with Gasteiger partial charge in [-0.2, -0.15) is 5.10 Å². The third-order valence-corrected chi connectivity index (χ3v) is 4.07. The fourth-order valence-electron chi connectivity index (χ4n) is 1.90. The number of ether oxygens (including phenoxy) is 1. The minimum atomic E-state index is 0.00123. The molecule has 1 aromatic carbocycles. The fraction of sp³-hybridized carbons (Fsp3) is 0.231. The molecule has 5 nitrogen and oxygen atoms in total. The van der Waals surface area contributed by atoms with Gasteiger partial charge in [0.2, 0.25) is 0 Å². The van der Waals surface area contributed by atoms with E-state index in [-0.39, 0.29) is 5.84 Å². The molecule has 0 aliphatic carbocycles. The van der Waals surface area contributed by atoms with Gasteiger partial charge >= 0.3 is 0 Å². The van der Waals surface area contributed by atoms with Crippen LogP contribution in [0.5, 0.6) is 5.75 Å². The number of nitrogens with zero attached hydrogens (tertiary/aromatic N) is 2. The molecule has 2 aromatic rings. The van der Waals surface area contributed by atoms with E-state index >= 15 is 0 Å². The summed E-state index contributed by atoms with van der Waals surface area (Å²) in [6.45, 7) is 3.87. The summed E-state index contributed by atoms with van der Waals surface area (Å²) < 4.78 is 7.94. The molecule has 6 heteroatoms. The van der Waals surface area contributed by atoms with Crippen molar-refractivity contribution < 1.29 is 4.74 Å². The van der Waals surface area contributed by atoms with Gasteiger partial charge in [0.1, 0.15) is 11.6 Å². The average molecular weight is 323 g/mol. The highest BCUT2D eigenvalue weighted by Crippen LogP contribution is 2.27. The lowest BCUT2D eigenvalue weighted by Gasteiger charge is -2.12. The molecular weight excluding hydrogens is 308 g/mol. The molecule has 1 heterocycles. The first-order chi connectivity index (χ1) is 8.95. The van der Waals surface area contributed by atoms with Gasteiger partial charge in [-0.15, -0.1) is 0 Å². The Hall–Kier alpha value is -1.82. The van der Waals surface area contributed by atoms with Gasteiger partial charge in [0, 0.05) is 11.6 Å². The van der Waals surface area contributed by atoms with Crippen LogP contribution in [0.25, 0.3) is 5.69 Å². The maximum absolute atomic E-state index is 7.67. The van der Waals surface area contributed by atoms with Crippen LogP contribution >= 0.6 is 15.9 Å². The van der Waals surface area contributed by atoms with Crippen LogP contribution in [0.1, 0.15) is 17.0 Å². The Morgan fingerprint density at radius 2 is 2.11 bits per heavy atom. The van der Waals surface area contributed by atoms with Crippen molar-refractivity contribution in [1.82, 2.24) is 9.78 Å². The van der Waals surface area contributed by atoms with E-state index in [0.29, 0.717) is 11.3 Å². The average Bonchev–Trinajstić information content (AvgIpc) is 2.65. The van der Waals surface area contributed by atoms with E-state index in [2.05, 4.69) is 21.0 Å². The summed E-state index contributed by atoms with van der Waals surface area (Å²) in [6, 6.07) is 5.37. The number of halogens is 1. The lowest BCUT2D eigenvalue weighted by molar-refractivity contribution is 0.414. The Kier molecular flexibility index (Phi) is 3.61. The molecule has 0 amide bonds. The Morgan fingerprint density at radius 3 is 2.58 bits per heavy atom. The summed E-state index contributed by atoms with van der Waals surface area (Å²) in [4.78, 5) is 0. The maximum Gasteiger partial charge on any atom is 0.124 e. The zero-order chi connectivity index (χ0) is 14.2. The Morgan fingerprint density at radius 1 is 1.42 bits per heavy atom. The van der Waals surface area contributed by atoms with Crippen molar-refractivity contribution >= 4 is 21.8 Å². The zero-order valence-electron chi connectivity index (χ0n) is 11.0. The first-order valence-electron chi connectivity index (χ1n) is 5.70. The van der Waals surface area contributed by atoms with E-state index in [1.807, 2.05) is 19.9 Å². The Bertz CT molecular complexity index is 648. The maximum atomic E-state index is 7.67. The number of nitrogens with one attached hydrogen (secondary N) is 1. The molecule has 3 N–H and O–H groups in total. The van der Waals surface area contributed by atoms with Gasteiger partial charge in [0.05, 0.1) is 28.7 Å². The van der Waals surface area contributed by atoms with Crippen LogP contribution in [-0.4, -0.2) is 22.7 Å². The standard InChI is InChI=1S/C13H15BrN4O/c1-7-12(14)8(2)18(17-7)11-6-9(19-3)4-5-10(11)13(15)16/h4-6H,1-3H3,(H3,15,16). The first kappa shape index (κ1) is 13.6. The molecule has 0 atom stereocenters. The lowest BCUT2D eigenvalue weighted by Crippen LogP contribution is -2.16. The molecule has 100 valence electrons. The number of nitrogen functional groups attached to an aromatic ring is 1. The number of rotatable bonds is 3. The van der Waals surface area contributed by atoms with E-state index in [0.717, 1.165) is 21.5 Å². The van der Waals surface area contributed by atoms with Gasteiger partial charge in [0.15, 0.2) is 0 Å². The van der Waals surface area contributed by atoms with Gasteiger partial charge in [-0.05, 0) is 41.9 Å². The minimum absolute atomic E-state index is 0.00123. The topological polar surface area (TPSA) is 76.9 Å². The number of aromatic nitrogens is 2. The fourth-order valence-corrected chi connectivity index (χ4v) is 2.15. The number of nitrogens with two attached hydrogens (primary N) is 1. The molecule has 0 unspecified atom stereocenters. The predicted octanol–water partition coefficient (Wildman–Crippen LogP) is 2.54. The van der Waals surface area contributed by atoms with E-state index in [4.69, 9.17) is 15.9 Å². The molecule has 0 radical (unpaired) electrons. The molecule has 2 rings (SSSR count). The van der Waals surface area contributed by atoms with Gasteiger partial charge in [-0.3, -0.25) is 5.41 Å². The summed E-state index contributed by atoms with van der Waals surface area (Å²) in [5.74, 6) is 0.699. The van der Waals surface area contributed by atoms with Gasteiger partial charge in [-0.25, -0.2) is 4.68 Å². The number of benzene rings is 1. The second-order valence-corrected chi connectivity index (χ2v) is 4.99. The number of methoxy groups -OCH3 is 1. The molecule has 0 aliphatic rings. The molecule has 19 heavy (non-hydrogen) atoms. The van der Waals surface area contributed by atoms with Crippen LogP contribution < -0.4 is 10.5 Å². The number of hydrogen-bond donors (Lipinski definition) is 2. The summed E-state index contributed by atoms with van der Waals surface area (Å²) in [6.07, 6.45) is 0. The third-order valence-electron chi connectivity index (χ3n) is 2.93. The van der Waals surface area contributed by atoms with Crippen LogP contribution in [0, 0.1) is 19.3 Å². The predicted molar refractivity (Wildman–Crippen MR) is 78.3 cm³/mol. The molecule has 0 saturated carbocycles. The second kappa shape index (κ2) is 5.05. The van der Waals surface area contributed by atoms with E-state index in [1.165, 1.54) is 0 Å². The van der Waals surface area contributed by atoms with Gasteiger partial charge in [-0.1, -0.05) is 0 Å². The number of hydrogen-bond acceptors (Lipinski definition) is 3.